The predicted octanol–water partition coefficient (Wildman–Crippen LogP) is 5.60. The van der Waals surface area contributed by atoms with E-state index < -0.39 is 0 Å². The number of carbonyl (C=O) groups excluding carboxylic acids is 1. The first-order valence-corrected chi connectivity index (χ1v) is 10.7. The molecule has 33 heavy (non-hydrogen) atoms. The fourth-order valence-electron chi connectivity index (χ4n) is 3.65. The summed E-state index contributed by atoms with van der Waals surface area (Å²) in [5.74, 6) is 0.465. The van der Waals surface area contributed by atoms with Gasteiger partial charge < -0.3 is 9.84 Å². The zero-order valence-electron chi connectivity index (χ0n) is 18.5. The van der Waals surface area contributed by atoms with Gasteiger partial charge in [0.05, 0.1) is 6.54 Å². The molecule has 0 aliphatic heterocycles. The van der Waals surface area contributed by atoms with Crippen LogP contribution < -0.4 is 5.32 Å². The summed E-state index contributed by atoms with van der Waals surface area (Å²) in [5.41, 5.74) is 3.65. The Balaban J connectivity index is 1.59. The molecule has 7 heteroatoms. The monoisotopic (exact) mass is 444 g/mol. The highest BCUT2D eigenvalue weighted by Gasteiger charge is 2.20. The second-order valence-corrected chi connectivity index (χ2v) is 7.89. The summed E-state index contributed by atoms with van der Waals surface area (Å²) in [7, 11) is 0. The standard InChI is InChI=1S/C26H25FN4O2/c1-18(22-9-6-10-24(15-22)28-19(2)32)31(16-20-7-4-3-5-8-20)17-25-29-26(30-33-25)21-11-13-23(27)14-12-21/h3-15,18H,16-17H2,1-2H3,(H,28,32)/t18-/m0/s1. The number of rotatable bonds is 8. The number of nitrogens with one attached hydrogen (secondary N) is 1. The number of amides is 1. The molecule has 1 atom stereocenters. The van der Waals surface area contributed by atoms with Gasteiger partial charge in [-0.2, -0.15) is 4.98 Å². The Morgan fingerprint density at radius 1 is 1.03 bits per heavy atom. The molecule has 4 rings (SSSR count). The lowest BCUT2D eigenvalue weighted by Crippen LogP contribution is -2.26. The summed E-state index contributed by atoms with van der Waals surface area (Å²) in [5, 5.41) is 6.91. The minimum absolute atomic E-state index is 0.0000791. The second kappa shape index (κ2) is 10.2. The summed E-state index contributed by atoms with van der Waals surface area (Å²) in [6.07, 6.45) is 0. The summed E-state index contributed by atoms with van der Waals surface area (Å²) in [6, 6.07) is 24.0. The Hall–Kier alpha value is -3.84. The van der Waals surface area contributed by atoms with Crippen molar-refractivity contribution >= 4 is 11.6 Å². The summed E-state index contributed by atoms with van der Waals surface area (Å²) in [4.78, 5) is 18.2. The number of hydrogen-bond acceptors (Lipinski definition) is 5. The molecule has 1 aromatic heterocycles. The van der Waals surface area contributed by atoms with Crippen LogP contribution in [0.25, 0.3) is 11.4 Å². The van der Waals surface area contributed by atoms with Crippen molar-refractivity contribution in [2.24, 2.45) is 0 Å². The molecule has 0 aliphatic carbocycles. The predicted molar refractivity (Wildman–Crippen MR) is 125 cm³/mol. The van der Waals surface area contributed by atoms with Crippen LogP contribution >= 0.6 is 0 Å². The van der Waals surface area contributed by atoms with Crippen molar-refractivity contribution in [3.05, 3.63) is 102 Å². The number of benzene rings is 3. The first-order valence-electron chi connectivity index (χ1n) is 10.7. The van der Waals surface area contributed by atoms with Crippen molar-refractivity contribution in [1.82, 2.24) is 15.0 Å². The Morgan fingerprint density at radius 3 is 2.52 bits per heavy atom. The van der Waals surface area contributed by atoms with Gasteiger partial charge in [0.1, 0.15) is 5.82 Å². The summed E-state index contributed by atoms with van der Waals surface area (Å²) >= 11 is 0. The lowest BCUT2D eigenvalue weighted by molar-refractivity contribution is -0.114. The van der Waals surface area contributed by atoms with Gasteiger partial charge in [0.15, 0.2) is 0 Å². The largest absolute Gasteiger partial charge is 0.338 e. The maximum absolute atomic E-state index is 13.2. The average Bonchev–Trinajstić information content (AvgIpc) is 3.27. The van der Waals surface area contributed by atoms with Gasteiger partial charge in [0.2, 0.25) is 17.6 Å². The van der Waals surface area contributed by atoms with Crippen molar-refractivity contribution in [3.63, 3.8) is 0 Å². The smallest absolute Gasteiger partial charge is 0.241 e. The van der Waals surface area contributed by atoms with Crippen LogP contribution in [0.2, 0.25) is 0 Å². The summed E-state index contributed by atoms with van der Waals surface area (Å²) in [6.45, 7) is 4.69. The van der Waals surface area contributed by atoms with E-state index in [-0.39, 0.29) is 17.8 Å². The molecule has 0 aliphatic rings. The van der Waals surface area contributed by atoms with Gasteiger partial charge in [0, 0.05) is 30.8 Å². The SMILES string of the molecule is CC(=O)Nc1cccc([C@H](C)N(Cc2ccccc2)Cc2nc(-c3ccc(F)cc3)no2)c1. The quantitative estimate of drug-likeness (QED) is 0.383. The van der Waals surface area contributed by atoms with Gasteiger partial charge in [-0.15, -0.1) is 0 Å². The number of anilines is 1. The van der Waals surface area contributed by atoms with Crippen molar-refractivity contribution in [2.75, 3.05) is 5.32 Å². The lowest BCUT2D eigenvalue weighted by Gasteiger charge is -2.28. The fraction of sp³-hybridized carbons (Fsp3) is 0.192. The zero-order valence-corrected chi connectivity index (χ0v) is 18.5. The molecule has 0 unspecified atom stereocenters. The van der Waals surface area contributed by atoms with Crippen LogP contribution in [0.1, 0.15) is 36.9 Å². The minimum Gasteiger partial charge on any atom is -0.338 e. The van der Waals surface area contributed by atoms with Gasteiger partial charge in [0.25, 0.3) is 0 Å². The lowest BCUT2D eigenvalue weighted by atomic mass is 10.0. The first-order chi connectivity index (χ1) is 16.0. The third-order valence-corrected chi connectivity index (χ3v) is 5.37. The van der Waals surface area contributed by atoms with Crippen LogP contribution in [0.3, 0.4) is 0 Å². The first kappa shape index (κ1) is 22.4. The zero-order chi connectivity index (χ0) is 23.2. The van der Waals surface area contributed by atoms with Crippen molar-refractivity contribution < 1.29 is 13.7 Å². The molecule has 1 heterocycles. The van der Waals surface area contributed by atoms with E-state index in [9.17, 15) is 9.18 Å². The third-order valence-electron chi connectivity index (χ3n) is 5.37. The van der Waals surface area contributed by atoms with E-state index in [4.69, 9.17) is 4.52 Å². The van der Waals surface area contributed by atoms with Crippen LogP contribution in [0.5, 0.6) is 0 Å². The normalized spacial score (nSPS) is 12.0. The van der Waals surface area contributed by atoms with E-state index in [0.717, 1.165) is 16.8 Å². The molecular weight excluding hydrogens is 419 g/mol. The van der Waals surface area contributed by atoms with E-state index in [1.165, 1.54) is 19.1 Å². The summed E-state index contributed by atoms with van der Waals surface area (Å²) < 4.78 is 18.8. The maximum atomic E-state index is 13.2. The number of halogens is 1. The molecule has 0 spiro atoms. The average molecular weight is 445 g/mol. The molecule has 6 nitrogen and oxygen atoms in total. The fourth-order valence-corrected chi connectivity index (χ4v) is 3.65. The number of hydrogen-bond donors (Lipinski definition) is 1. The number of nitrogens with zero attached hydrogens (tertiary/aromatic N) is 3. The van der Waals surface area contributed by atoms with Crippen molar-refractivity contribution in [3.8, 4) is 11.4 Å². The van der Waals surface area contributed by atoms with E-state index in [0.29, 0.717) is 30.4 Å². The van der Waals surface area contributed by atoms with Crippen LogP contribution in [0.4, 0.5) is 10.1 Å². The molecule has 0 bridgehead atoms. The van der Waals surface area contributed by atoms with Crippen molar-refractivity contribution in [2.45, 2.75) is 33.0 Å². The molecular formula is C26H25FN4O2. The number of carbonyl (C=O) groups is 1. The Kier molecular flexibility index (Phi) is 6.90. The van der Waals surface area contributed by atoms with E-state index in [1.54, 1.807) is 12.1 Å². The highest BCUT2D eigenvalue weighted by atomic mass is 19.1. The number of aromatic nitrogens is 2. The molecule has 3 aromatic carbocycles. The highest BCUT2D eigenvalue weighted by molar-refractivity contribution is 5.88. The van der Waals surface area contributed by atoms with Gasteiger partial charge in [-0.3, -0.25) is 9.69 Å². The molecule has 4 aromatic rings. The molecule has 1 N–H and O–H groups in total. The van der Waals surface area contributed by atoms with Crippen LogP contribution in [-0.4, -0.2) is 20.9 Å². The van der Waals surface area contributed by atoms with Crippen LogP contribution in [-0.2, 0) is 17.9 Å². The van der Waals surface area contributed by atoms with Gasteiger partial charge in [-0.25, -0.2) is 4.39 Å². The van der Waals surface area contributed by atoms with Crippen LogP contribution in [0, 0.1) is 5.82 Å². The molecule has 0 radical (unpaired) electrons. The van der Waals surface area contributed by atoms with Gasteiger partial charge in [-0.1, -0.05) is 47.6 Å². The Morgan fingerprint density at radius 2 is 1.79 bits per heavy atom. The van der Waals surface area contributed by atoms with Gasteiger partial charge >= 0.3 is 0 Å². The van der Waals surface area contributed by atoms with E-state index >= 15 is 0 Å². The molecule has 1 amide bonds. The highest BCUT2D eigenvalue weighted by Crippen LogP contribution is 2.27. The molecule has 0 fully saturated rings. The minimum atomic E-state index is -0.313. The maximum Gasteiger partial charge on any atom is 0.241 e. The molecule has 168 valence electrons. The molecule has 0 saturated heterocycles. The Bertz CT molecular complexity index is 1210. The van der Waals surface area contributed by atoms with Crippen LogP contribution in [0.15, 0.2) is 83.4 Å². The second-order valence-electron chi connectivity index (χ2n) is 7.89. The Labute approximate surface area is 192 Å². The van der Waals surface area contributed by atoms with Crippen molar-refractivity contribution in [1.29, 1.82) is 0 Å². The third kappa shape index (κ3) is 5.90. The molecule has 0 saturated carbocycles. The van der Waals surface area contributed by atoms with E-state index in [2.05, 4.69) is 39.4 Å². The van der Waals surface area contributed by atoms with Gasteiger partial charge in [-0.05, 0) is 54.4 Å². The van der Waals surface area contributed by atoms with E-state index in [1.807, 2.05) is 42.5 Å². The topological polar surface area (TPSA) is 71.3 Å².